The molecule has 1 N–H and O–H groups in total. The van der Waals surface area contributed by atoms with Crippen LogP contribution >= 0.6 is 0 Å². The largest absolute Gasteiger partial charge is 0.416 e. The number of hydrogen-bond acceptors (Lipinski definition) is 2. The van der Waals surface area contributed by atoms with Gasteiger partial charge in [0.1, 0.15) is 0 Å². The first-order chi connectivity index (χ1) is 14.2. The topological polar surface area (TPSA) is 49.4 Å². The minimum Gasteiger partial charge on any atom is -0.349 e. The van der Waals surface area contributed by atoms with Crippen LogP contribution in [0.4, 0.5) is 13.2 Å². The van der Waals surface area contributed by atoms with E-state index in [2.05, 4.69) is 5.32 Å². The molecule has 1 fully saturated rings. The summed E-state index contributed by atoms with van der Waals surface area (Å²) in [6, 6.07) is 14.0. The highest BCUT2D eigenvalue weighted by atomic mass is 19.4. The molecule has 7 heteroatoms. The summed E-state index contributed by atoms with van der Waals surface area (Å²) in [5, 5.41) is 2.98. The number of carbonyl (C=O) groups excluding carboxylic acids is 2. The number of benzene rings is 2. The van der Waals surface area contributed by atoms with E-state index in [4.69, 9.17) is 0 Å². The molecule has 1 heterocycles. The van der Waals surface area contributed by atoms with Gasteiger partial charge in [-0.25, -0.2) is 0 Å². The maximum atomic E-state index is 13.1. The molecular formula is C23H25F3N2O2. The second-order valence-corrected chi connectivity index (χ2v) is 7.73. The van der Waals surface area contributed by atoms with E-state index < -0.39 is 23.7 Å². The minimum atomic E-state index is -4.44. The SMILES string of the molecule is CC(=O)N1C[C@H](C(=O)N[C@H](C)c2ccccc2)CC[C@@H]1c1cccc(C(F)(F)F)c1. The number of alkyl halides is 3. The third-order valence-electron chi connectivity index (χ3n) is 5.61. The average molecular weight is 418 g/mol. The lowest BCUT2D eigenvalue weighted by Crippen LogP contribution is -2.46. The predicted octanol–water partition coefficient (Wildman–Crippen LogP) is 4.88. The summed E-state index contributed by atoms with van der Waals surface area (Å²) in [6.45, 7) is 3.46. The van der Waals surface area contributed by atoms with E-state index in [0.29, 0.717) is 18.4 Å². The molecule has 0 aliphatic carbocycles. The summed E-state index contributed by atoms with van der Waals surface area (Å²) in [5.74, 6) is -0.812. The maximum Gasteiger partial charge on any atom is 0.416 e. The fourth-order valence-electron chi connectivity index (χ4n) is 3.96. The van der Waals surface area contributed by atoms with Crippen molar-refractivity contribution in [2.45, 2.75) is 44.9 Å². The zero-order chi connectivity index (χ0) is 21.9. The lowest BCUT2D eigenvalue weighted by Gasteiger charge is -2.39. The number of piperidine rings is 1. The molecule has 3 atom stereocenters. The van der Waals surface area contributed by atoms with Gasteiger partial charge in [0, 0.05) is 13.5 Å². The lowest BCUT2D eigenvalue weighted by molar-refractivity contribution is -0.137. The molecule has 0 bridgehead atoms. The predicted molar refractivity (Wildman–Crippen MR) is 107 cm³/mol. The number of amides is 2. The highest BCUT2D eigenvalue weighted by Gasteiger charge is 2.36. The molecular weight excluding hydrogens is 393 g/mol. The normalized spacial score (nSPS) is 20.5. The molecule has 1 aliphatic heterocycles. The second-order valence-electron chi connectivity index (χ2n) is 7.73. The van der Waals surface area contributed by atoms with Gasteiger partial charge in [-0.15, -0.1) is 0 Å². The number of hydrogen-bond donors (Lipinski definition) is 1. The number of nitrogens with one attached hydrogen (secondary N) is 1. The second kappa shape index (κ2) is 8.90. The van der Waals surface area contributed by atoms with Gasteiger partial charge in [0.25, 0.3) is 0 Å². The van der Waals surface area contributed by atoms with Gasteiger partial charge in [0.15, 0.2) is 0 Å². The van der Waals surface area contributed by atoms with E-state index in [-0.39, 0.29) is 24.4 Å². The molecule has 1 saturated heterocycles. The molecule has 0 unspecified atom stereocenters. The summed E-state index contributed by atoms with van der Waals surface area (Å²) < 4.78 is 39.3. The highest BCUT2D eigenvalue weighted by Crippen LogP contribution is 2.37. The molecule has 2 aromatic carbocycles. The Morgan fingerprint density at radius 2 is 1.77 bits per heavy atom. The van der Waals surface area contributed by atoms with E-state index in [1.54, 1.807) is 6.07 Å². The van der Waals surface area contributed by atoms with E-state index in [9.17, 15) is 22.8 Å². The van der Waals surface area contributed by atoms with Crippen LogP contribution in [0.5, 0.6) is 0 Å². The molecule has 0 aromatic heterocycles. The van der Waals surface area contributed by atoms with Crippen molar-refractivity contribution < 1.29 is 22.8 Å². The van der Waals surface area contributed by atoms with Crippen LogP contribution in [0.1, 0.15) is 55.5 Å². The quantitative estimate of drug-likeness (QED) is 0.769. The molecule has 4 nitrogen and oxygen atoms in total. The Morgan fingerprint density at radius 3 is 2.40 bits per heavy atom. The van der Waals surface area contributed by atoms with E-state index in [1.165, 1.54) is 17.9 Å². The zero-order valence-corrected chi connectivity index (χ0v) is 16.9. The molecule has 2 aromatic rings. The fourth-order valence-corrected chi connectivity index (χ4v) is 3.96. The first-order valence-electron chi connectivity index (χ1n) is 9.96. The first-order valence-corrected chi connectivity index (χ1v) is 9.96. The lowest BCUT2D eigenvalue weighted by atomic mass is 9.87. The number of nitrogens with zero attached hydrogens (tertiary/aromatic N) is 1. The Labute approximate surface area is 174 Å². The monoisotopic (exact) mass is 418 g/mol. The van der Waals surface area contributed by atoms with Gasteiger partial charge in [0.2, 0.25) is 11.8 Å². The summed E-state index contributed by atoms with van der Waals surface area (Å²) >= 11 is 0. The van der Waals surface area contributed by atoms with E-state index in [1.807, 2.05) is 37.3 Å². The van der Waals surface area contributed by atoms with Gasteiger partial charge in [0.05, 0.1) is 23.6 Å². The van der Waals surface area contributed by atoms with Crippen molar-refractivity contribution in [3.63, 3.8) is 0 Å². The third-order valence-corrected chi connectivity index (χ3v) is 5.61. The summed E-state index contributed by atoms with van der Waals surface area (Å²) in [4.78, 5) is 26.5. The molecule has 2 amide bonds. The Balaban J connectivity index is 1.73. The van der Waals surface area contributed by atoms with E-state index in [0.717, 1.165) is 17.7 Å². The number of halogens is 3. The summed E-state index contributed by atoms with van der Waals surface area (Å²) in [6.07, 6.45) is -3.52. The van der Waals surface area contributed by atoms with Crippen molar-refractivity contribution >= 4 is 11.8 Å². The van der Waals surface area contributed by atoms with Crippen LogP contribution in [0.15, 0.2) is 54.6 Å². The van der Waals surface area contributed by atoms with Gasteiger partial charge in [-0.1, -0.05) is 42.5 Å². The average Bonchev–Trinajstić information content (AvgIpc) is 2.73. The van der Waals surface area contributed by atoms with Crippen molar-refractivity contribution in [3.05, 3.63) is 71.3 Å². The number of likely N-dealkylation sites (tertiary alicyclic amines) is 1. The van der Waals surface area contributed by atoms with Crippen molar-refractivity contribution in [2.24, 2.45) is 5.92 Å². The zero-order valence-electron chi connectivity index (χ0n) is 16.9. The van der Waals surface area contributed by atoms with Crippen molar-refractivity contribution in [1.82, 2.24) is 10.2 Å². The summed E-state index contributed by atoms with van der Waals surface area (Å²) in [5.41, 5.74) is 0.684. The smallest absolute Gasteiger partial charge is 0.349 e. The van der Waals surface area contributed by atoms with Crippen LogP contribution in [0.2, 0.25) is 0 Å². The van der Waals surface area contributed by atoms with Gasteiger partial charge >= 0.3 is 6.18 Å². The van der Waals surface area contributed by atoms with Crippen LogP contribution in [0.25, 0.3) is 0 Å². The Bertz CT molecular complexity index is 899. The fraction of sp³-hybridized carbons (Fsp3) is 0.391. The third kappa shape index (κ3) is 5.01. The van der Waals surface area contributed by atoms with Gasteiger partial charge < -0.3 is 10.2 Å². The van der Waals surface area contributed by atoms with Crippen LogP contribution in [0.3, 0.4) is 0 Å². The van der Waals surface area contributed by atoms with Gasteiger partial charge in [-0.3, -0.25) is 9.59 Å². The van der Waals surface area contributed by atoms with Crippen molar-refractivity contribution in [3.8, 4) is 0 Å². The first kappa shape index (κ1) is 21.9. The molecule has 30 heavy (non-hydrogen) atoms. The minimum absolute atomic E-state index is 0.153. The Kier molecular flexibility index (Phi) is 6.48. The summed E-state index contributed by atoms with van der Waals surface area (Å²) in [7, 11) is 0. The molecule has 0 saturated carbocycles. The number of rotatable bonds is 4. The molecule has 0 spiro atoms. The van der Waals surface area contributed by atoms with Crippen LogP contribution in [-0.2, 0) is 15.8 Å². The maximum absolute atomic E-state index is 13.1. The van der Waals surface area contributed by atoms with Crippen molar-refractivity contribution in [2.75, 3.05) is 6.54 Å². The molecule has 160 valence electrons. The standard InChI is InChI=1S/C23H25F3N2O2/c1-15(17-7-4-3-5-8-17)27-22(30)19-11-12-21(28(14-19)16(2)29)18-9-6-10-20(13-18)23(24,25)26/h3-10,13,15,19,21H,11-12,14H2,1-2H3,(H,27,30)/t15-,19-,21-/m1/s1. The van der Waals surface area contributed by atoms with Gasteiger partial charge in [-0.05, 0) is 43.0 Å². The van der Waals surface area contributed by atoms with Gasteiger partial charge in [-0.2, -0.15) is 13.2 Å². The Morgan fingerprint density at radius 1 is 1.07 bits per heavy atom. The number of carbonyl (C=O) groups is 2. The van der Waals surface area contributed by atoms with Crippen LogP contribution in [0, 0.1) is 5.92 Å². The van der Waals surface area contributed by atoms with Crippen LogP contribution < -0.4 is 5.32 Å². The van der Waals surface area contributed by atoms with Crippen molar-refractivity contribution in [1.29, 1.82) is 0 Å². The molecule has 0 radical (unpaired) electrons. The molecule has 1 aliphatic rings. The highest BCUT2D eigenvalue weighted by molar-refractivity contribution is 5.81. The van der Waals surface area contributed by atoms with Crippen LogP contribution in [-0.4, -0.2) is 23.3 Å². The Hall–Kier alpha value is -2.83. The van der Waals surface area contributed by atoms with E-state index >= 15 is 0 Å². The molecule has 3 rings (SSSR count).